The second-order valence-corrected chi connectivity index (χ2v) is 7.08. The summed E-state index contributed by atoms with van der Waals surface area (Å²) in [5, 5.41) is 0. The fraction of sp³-hybridized carbons (Fsp3) is 0.364. The molecule has 0 saturated carbocycles. The number of rotatable bonds is 7. The largest absolute Gasteiger partial charge is 0.496 e. The Morgan fingerprint density at radius 3 is 2.19 bits per heavy atom. The first-order valence-corrected chi connectivity index (χ1v) is 8.84. The van der Waals surface area contributed by atoms with Crippen molar-refractivity contribution < 1.29 is 19.2 Å². The van der Waals surface area contributed by atoms with Gasteiger partial charge in [0.05, 0.1) is 21.2 Å². The van der Waals surface area contributed by atoms with Crippen molar-refractivity contribution in [1.82, 2.24) is 0 Å². The van der Waals surface area contributed by atoms with E-state index < -0.39 is 0 Å². The van der Waals surface area contributed by atoms with Crippen molar-refractivity contribution >= 4 is 11.6 Å². The second-order valence-electron chi connectivity index (χ2n) is 7.08. The molecule has 2 aromatic rings. The summed E-state index contributed by atoms with van der Waals surface area (Å²) in [7, 11) is 5.56. The van der Waals surface area contributed by atoms with Crippen molar-refractivity contribution in [2.75, 3.05) is 21.2 Å². The monoisotopic (exact) mass is 354 g/mol. The molecule has 26 heavy (non-hydrogen) atoms. The summed E-state index contributed by atoms with van der Waals surface area (Å²) in [5.74, 6) is 0.806. The van der Waals surface area contributed by atoms with Gasteiger partial charge in [0.25, 0.3) is 0 Å². The van der Waals surface area contributed by atoms with Gasteiger partial charge in [-0.15, -0.1) is 0 Å². The number of quaternary nitrogens is 1. The van der Waals surface area contributed by atoms with Gasteiger partial charge in [-0.05, 0) is 56.2 Å². The third-order valence-electron chi connectivity index (χ3n) is 4.92. The van der Waals surface area contributed by atoms with E-state index in [9.17, 15) is 9.59 Å². The minimum absolute atomic E-state index is 0.00291. The Labute approximate surface area is 155 Å². The van der Waals surface area contributed by atoms with Crippen LogP contribution in [0.15, 0.2) is 36.4 Å². The highest BCUT2D eigenvalue weighted by Crippen LogP contribution is 2.22. The maximum absolute atomic E-state index is 13.1. The molecule has 0 aliphatic heterocycles. The first-order chi connectivity index (χ1) is 12.2. The van der Waals surface area contributed by atoms with E-state index in [2.05, 4.69) is 0 Å². The summed E-state index contributed by atoms with van der Waals surface area (Å²) in [6.45, 7) is 5.60. The molecule has 0 heterocycles. The van der Waals surface area contributed by atoms with Crippen molar-refractivity contribution in [3.05, 3.63) is 64.2 Å². The average Bonchev–Trinajstić information content (AvgIpc) is 2.60. The molecule has 2 aromatic carbocycles. The quantitative estimate of drug-likeness (QED) is 0.777. The van der Waals surface area contributed by atoms with Gasteiger partial charge in [-0.3, -0.25) is 9.59 Å². The third-order valence-corrected chi connectivity index (χ3v) is 4.92. The van der Waals surface area contributed by atoms with E-state index in [0.717, 1.165) is 21.6 Å². The van der Waals surface area contributed by atoms with Crippen molar-refractivity contribution in [3.63, 3.8) is 0 Å². The van der Waals surface area contributed by atoms with Crippen LogP contribution in [0.5, 0.6) is 5.75 Å². The van der Waals surface area contributed by atoms with Gasteiger partial charge in [-0.1, -0.05) is 12.1 Å². The number of likely N-dealkylation sites (N-methyl/N-ethyl adjacent to an activating group) is 1. The van der Waals surface area contributed by atoms with Gasteiger partial charge in [-0.25, -0.2) is 0 Å². The number of carbonyl (C=O) groups excluding carboxylic acids is 2. The van der Waals surface area contributed by atoms with E-state index in [1.807, 2.05) is 52.2 Å². The maximum atomic E-state index is 13.1. The minimum Gasteiger partial charge on any atom is -0.496 e. The lowest BCUT2D eigenvalue weighted by Crippen LogP contribution is -3.11. The highest BCUT2D eigenvalue weighted by atomic mass is 16.5. The van der Waals surface area contributed by atoms with Gasteiger partial charge in [0.1, 0.15) is 5.75 Å². The van der Waals surface area contributed by atoms with Gasteiger partial charge in [-0.2, -0.15) is 0 Å². The number of hydrogen-bond acceptors (Lipinski definition) is 3. The Balaban J connectivity index is 2.39. The predicted molar refractivity (Wildman–Crippen MR) is 104 cm³/mol. The zero-order valence-electron chi connectivity index (χ0n) is 16.5. The van der Waals surface area contributed by atoms with Crippen molar-refractivity contribution in [3.8, 4) is 5.75 Å². The van der Waals surface area contributed by atoms with E-state index in [-0.39, 0.29) is 17.6 Å². The van der Waals surface area contributed by atoms with Crippen LogP contribution < -0.4 is 9.64 Å². The molecule has 0 aliphatic rings. The van der Waals surface area contributed by atoms with Crippen LogP contribution in [-0.2, 0) is 6.42 Å². The summed E-state index contributed by atoms with van der Waals surface area (Å²) >= 11 is 0. The number of hydrogen-bond donors (Lipinski definition) is 1. The Bertz CT molecular complexity index is 824. The summed E-state index contributed by atoms with van der Waals surface area (Å²) in [4.78, 5) is 25.9. The van der Waals surface area contributed by atoms with Gasteiger partial charge < -0.3 is 9.64 Å². The Kier molecular flexibility index (Phi) is 6.32. The lowest BCUT2D eigenvalue weighted by atomic mass is 9.93. The lowest BCUT2D eigenvalue weighted by Gasteiger charge is -2.22. The molecule has 2 rings (SSSR count). The lowest BCUT2D eigenvalue weighted by molar-refractivity contribution is -0.874. The Hall–Kier alpha value is -2.46. The molecule has 0 aromatic heterocycles. The molecule has 138 valence electrons. The molecule has 0 spiro atoms. The fourth-order valence-corrected chi connectivity index (χ4v) is 3.03. The molecule has 4 nitrogen and oxygen atoms in total. The number of aryl methyl sites for hydroxylation is 2. The van der Waals surface area contributed by atoms with Crippen LogP contribution in [0, 0.1) is 13.8 Å². The molecule has 4 heteroatoms. The SMILES string of the molecule is COc1ccc(C(C)=O)cc1C[C@H](C(=O)c1ccc(C)c(C)c1)[NH+](C)C. The molecule has 0 saturated heterocycles. The van der Waals surface area contributed by atoms with E-state index in [1.54, 1.807) is 26.2 Å². The molecular formula is C22H28NO3+. The van der Waals surface area contributed by atoms with Crippen LogP contribution in [0.3, 0.4) is 0 Å². The number of ether oxygens (including phenoxy) is 1. The Morgan fingerprint density at radius 1 is 1.00 bits per heavy atom. The smallest absolute Gasteiger partial charge is 0.220 e. The number of nitrogens with one attached hydrogen (secondary N) is 1. The highest BCUT2D eigenvalue weighted by Gasteiger charge is 2.28. The zero-order valence-corrected chi connectivity index (χ0v) is 16.5. The molecule has 0 radical (unpaired) electrons. The highest BCUT2D eigenvalue weighted by molar-refractivity contribution is 5.99. The topological polar surface area (TPSA) is 47.8 Å². The van der Waals surface area contributed by atoms with E-state index in [0.29, 0.717) is 17.7 Å². The number of benzene rings is 2. The summed E-state index contributed by atoms with van der Waals surface area (Å²) < 4.78 is 5.45. The van der Waals surface area contributed by atoms with Crippen LogP contribution in [0.25, 0.3) is 0 Å². The number of Topliss-reactive ketones (excluding diaryl/α,β-unsaturated/α-hetero) is 2. The molecule has 0 bridgehead atoms. The van der Waals surface area contributed by atoms with Gasteiger partial charge >= 0.3 is 0 Å². The van der Waals surface area contributed by atoms with Crippen molar-refractivity contribution in [2.24, 2.45) is 0 Å². The molecule has 1 N–H and O–H groups in total. The number of methoxy groups -OCH3 is 1. The van der Waals surface area contributed by atoms with Gasteiger partial charge in [0.2, 0.25) is 5.78 Å². The molecular weight excluding hydrogens is 326 g/mol. The summed E-state index contributed by atoms with van der Waals surface area (Å²) in [6.07, 6.45) is 0.512. The standard InChI is InChI=1S/C22H27NO3/c1-14-7-8-18(11-15(14)2)22(25)20(23(4)5)13-19-12-17(16(3)24)9-10-21(19)26-6/h7-12,20H,13H2,1-6H3/p+1/t20-/m1/s1. The Morgan fingerprint density at radius 2 is 1.65 bits per heavy atom. The summed E-state index contributed by atoms with van der Waals surface area (Å²) in [5.41, 5.74) is 4.52. The molecule has 0 amide bonds. The van der Waals surface area contributed by atoms with Crippen LogP contribution >= 0.6 is 0 Å². The average molecular weight is 354 g/mol. The van der Waals surface area contributed by atoms with Crippen LogP contribution in [0.1, 0.15) is 44.3 Å². The molecule has 1 atom stereocenters. The summed E-state index contributed by atoms with van der Waals surface area (Å²) in [6, 6.07) is 11.0. The minimum atomic E-state index is -0.256. The molecule has 0 unspecified atom stereocenters. The normalized spacial score (nSPS) is 12.1. The first-order valence-electron chi connectivity index (χ1n) is 8.84. The van der Waals surface area contributed by atoms with E-state index >= 15 is 0 Å². The maximum Gasteiger partial charge on any atom is 0.220 e. The van der Waals surface area contributed by atoms with Crippen LogP contribution in [-0.4, -0.2) is 38.8 Å². The van der Waals surface area contributed by atoms with Gasteiger partial charge in [0, 0.05) is 23.1 Å². The number of ketones is 2. The zero-order chi connectivity index (χ0) is 19.4. The predicted octanol–water partition coefficient (Wildman–Crippen LogP) is 2.45. The second kappa shape index (κ2) is 8.28. The van der Waals surface area contributed by atoms with Crippen LogP contribution in [0.2, 0.25) is 0 Å². The van der Waals surface area contributed by atoms with Crippen LogP contribution in [0.4, 0.5) is 0 Å². The van der Waals surface area contributed by atoms with E-state index in [1.165, 1.54) is 5.56 Å². The van der Waals surface area contributed by atoms with E-state index in [4.69, 9.17) is 4.74 Å². The molecule has 0 aliphatic carbocycles. The first kappa shape index (κ1) is 19.9. The van der Waals surface area contributed by atoms with Gasteiger partial charge in [0.15, 0.2) is 11.8 Å². The number of carbonyl (C=O) groups is 2. The molecule has 0 fully saturated rings. The third kappa shape index (κ3) is 4.38. The van der Waals surface area contributed by atoms with Crippen molar-refractivity contribution in [1.29, 1.82) is 0 Å². The fourth-order valence-electron chi connectivity index (χ4n) is 3.03. The van der Waals surface area contributed by atoms with Crippen molar-refractivity contribution in [2.45, 2.75) is 33.2 Å².